The maximum absolute atomic E-state index is 10.8. The molecule has 0 saturated carbocycles. The third-order valence-corrected chi connectivity index (χ3v) is 3.71. The largest absolute Gasteiger partial charge is 0.384 e. The lowest BCUT2D eigenvalue weighted by Crippen LogP contribution is -1.98. The Bertz CT molecular complexity index is 628. The number of non-ortho nitro benzene ring substituents is 1. The summed E-state index contributed by atoms with van der Waals surface area (Å²) < 4.78 is 0. The average Bonchev–Trinajstić information content (AvgIpc) is 2.37. The van der Waals surface area contributed by atoms with Crippen molar-refractivity contribution in [3.63, 3.8) is 0 Å². The third-order valence-electron chi connectivity index (χ3n) is 2.69. The van der Waals surface area contributed by atoms with Gasteiger partial charge < -0.3 is 5.73 Å². The standard InChI is InChI=1S/C13H14N4O2S/c1-8-6-12(14)16-13(15-8)20-9(2)10-4-3-5-11(7-10)17(18)19/h3-7,9H,1-2H3,(H2,14,15,16). The summed E-state index contributed by atoms with van der Waals surface area (Å²) >= 11 is 1.42. The van der Waals surface area contributed by atoms with Crippen LogP contribution in [0.1, 0.15) is 23.4 Å². The zero-order chi connectivity index (χ0) is 14.7. The molecular formula is C13H14N4O2S. The lowest BCUT2D eigenvalue weighted by molar-refractivity contribution is -0.384. The monoisotopic (exact) mass is 290 g/mol. The van der Waals surface area contributed by atoms with Crippen LogP contribution in [0.2, 0.25) is 0 Å². The fourth-order valence-electron chi connectivity index (χ4n) is 1.73. The summed E-state index contributed by atoms with van der Waals surface area (Å²) in [6.45, 7) is 3.80. The van der Waals surface area contributed by atoms with Gasteiger partial charge in [0.15, 0.2) is 5.16 Å². The molecule has 0 radical (unpaired) electrons. The summed E-state index contributed by atoms with van der Waals surface area (Å²) in [5, 5.41) is 11.3. The molecule has 1 heterocycles. The van der Waals surface area contributed by atoms with Crippen LogP contribution in [0, 0.1) is 17.0 Å². The van der Waals surface area contributed by atoms with Gasteiger partial charge in [-0.2, -0.15) is 0 Å². The number of aromatic nitrogens is 2. The van der Waals surface area contributed by atoms with E-state index in [4.69, 9.17) is 5.73 Å². The lowest BCUT2D eigenvalue weighted by Gasteiger charge is -2.10. The number of thioether (sulfide) groups is 1. The van der Waals surface area contributed by atoms with Gasteiger partial charge in [0.1, 0.15) is 5.82 Å². The van der Waals surface area contributed by atoms with Gasteiger partial charge in [-0.3, -0.25) is 10.1 Å². The number of nitrogens with zero attached hydrogens (tertiary/aromatic N) is 3. The van der Waals surface area contributed by atoms with Gasteiger partial charge in [-0.1, -0.05) is 23.9 Å². The maximum atomic E-state index is 10.8. The Labute approximate surface area is 120 Å². The van der Waals surface area contributed by atoms with Crippen LogP contribution in [0.5, 0.6) is 0 Å². The highest BCUT2D eigenvalue weighted by molar-refractivity contribution is 7.99. The molecule has 1 aromatic carbocycles. The molecule has 0 fully saturated rings. The average molecular weight is 290 g/mol. The molecule has 2 aromatic rings. The Morgan fingerprint density at radius 2 is 2.10 bits per heavy atom. The minimum Gasteiger partial charge on any atom is -0.384 e. The van der Waals surface area contributed by atoms with Crippen molar-refractivity contribution >= 4 is 23.3 Å². The molecule has 0 amide bonds. The minimum absolute atomic E-state index is 0.00361. The van der Waals surface area contributed by atoms with Gasteiger partial charge in [0, 0.05) is 29.1 Å². The molecule has 0 bridgehead atoms. The van der Waals surface area contributed by atoms with Crippen LogP contribution in [-0.4, -0.2) is 14.9 Å². The molecule has 0 spiro atoms. The zero-order valence-electron chi connectivity index (χ0n) is 11.1. The predicted octanol–water partition coefficient (Wildman–Crippen LogP) is 3.13. The highest BCUT2D eigenvalue weighted by Gasteiger charge is 2.13. The maximum Gasteiger partial charge on any atom is 0.269 e. The number of nitrogens with two attached hydrogens (primary N) is 1. The molecule has 20 heavy (non-hydrogen) atoms. The zero-order valence-corrected chi connectivity index (χ0v) is 11.9. The second kappa shape index (κ2) is 5.87. The highest BCUT2D eigenvalue weighted by atomic mass is 32.2. The van der Waals surface area contributed by atoms with Crippen molar-refractivity contribution in [1.29, 1.82) is 0 Å². The quantitative estimate of drug-likeness (QED) is 0.402. The summed E-state index contributed by atoms with van der Waals surface area (Å²) in [6.07, 6.45) is 0. The second-order valence-corrected chi connectivity index (χ2v) is 5.64. The summed E-state index contributed by atoms with van der Waals surface area (Å²) in [5.74, 6) is 0.422. The van der Waals surface area contributed by atoms with E-state index < -0.39 is 4.92 Å². The van der Waals surface area contributed by atoms with Crippen molar-refractivity contribution in [3.05, 3.63) is 51.7 Å². The molecule has 7 heteroatoms. The summed E-state index contributed by atoms with van der Waals surface area (Å²) in [4.78, 5) is 18.8. The van der Waals surface area contributed by atoms with Gasteiger partial charge in [-0.05, 0) is 19.4 Å². The van der Waals surface area contributed by atoms with Gasteiger partial charge in [-0.25, -0.2) is 9.97 Å². The van der Waals surface area contributed by atoms with Crippen molar-refractivity contribution in [3.8, 4) is 0 Å². The Morgan fingerprint density at radius 3 is 2.75 bits per heavy atom. The molecule has 0 aliphatic carbocycles. The number of anilines is 1. The number of aryl methyl sites for hydroxylation is 1. The van der Waals surface area contributed by atoms with E-state index in [1.165, 1.54) is 17.8 Å². The van der Waals surface area contributed by atoms with Crippen molar-refractivity contribution in [2.75, 3.05) is 5.73 Å². The Balaban J connectivity index is 2.21. The van der Waals surface area contributed by atoms with E-state index in [1.807, 2.05) is 19.9 Å². The second-order valence-electron chi connectivity index (χ2n) is 4.33. The first-order valence-corrected chi connectivity index (χ1v) is 6.86. The number of hydrogen-bond acceptors (Lipinski definition) is 6. The predicted molar refractivity (Wildman–Crippen MR) is 78.5 cm³/mol. The summed E-state index contributed by atoms with van der Waals surface area (Å²) in [5.41, 5.74) is 7.42. The molecule has 1 aromatic heterocycles. The van der Waals surface area contributed by atoms with E-state index in [-0.39, 0.29) is 10.9 Å². The lowest BCUT2D eigenvalue weighted by atomic mass is 10.1. The number of hydrogen-bond donors (Lipinski definition) is 1. The van der Waals surface area contributed by atoms with Crippen molar-refractivity contribution in [2.45, 2.75) is 24.3 Å². The van der Waals surface area contributed by atoms with Crippen LogP contribution in [0.25, 0.3) is 0 Å². The normalized spacial score (nSPS) is 12.1. The Hall–Kier alpha value is -2.15. The van der Waals surface area contributed by atoms with E-state index in [0.717, 1.165) is 11.3 Å². The molecule has 2 N–H and O–H groups in total. The molecule has 0 saturated heterocycles. The Kier molecular flexibility index (Phi) is 4.19. The number of nitro groups is 1. The van der Waals surface area contributed by atoms with Crippen LogP contribution in [0.4, 0.5) is 11.5 Å². The van der Waals surface area contributed by atoms with Crippen molar-refractivity contribution in [2.24, 2.45) is 0 Å². The molecule has 2 rings (SSSR count). The van der Waals surface area contributed by atoms with E-state index in [9.17, 15) is 10.1 Å². The molecule has 0 aliphatic heterocycles. The van der Waals surface area contributed by atoms with Gasteiger partial charge >= 0.3 is 0 Å². The number of nitrogen functional groups attached to an aromatic ring is 1. The van der Waals surface area contributed by atoms with Gasteiger partial charge in [0.05, 0.1) is 4.92 Å². The number of benzene rings is 1. The van der Waals surface area contributed by atoms with Crippen LogP contribution in [0.15, 0.2) is 35.5 Å². The molecule has 0 aliphatic rings. The fraction of sp³-hybridized carbons (Fsp3) is 0.231. The first-order valence-electron chi connectivity index (χ1n) is 5.98. The smallest absolute Gasteiger partial charge is 0.269 e. The van der Waals surface area contributed by atoms with E-state index in [1.54, 1.807) is 18.2 Å². The van der Waals surface area contributed by atoms with Gasteiger partial charge in [0.25, 0.3) is 5.69 Å². The number of nitro benzene ring substituents is 1. The van der Waals surface area contributed by atoms with Gasteiger partial charge in [-0.15, -0.1) is 0 Å². The molecule has 104 valence electrons. The summed E-state index contributed by atoms with van der Waals surface area (Å²) in [7, 11) is 0. The fourth-order valence-corrected chi connectivity index (χ4v) is 2.69. The highest BCUT2D eigenvalue weighted by Crippen LogP contribution is 2.34. The van der Waals surface area contributed by atoms with E-state index >= 15 is 0 Å². The van der Waals surface area contributed by atoms with Crippen molar-refractivity contribution in [1.82, 2.24) is 9.97 Å². The minimum atomic E-state index is -0.401. The van der Waals surface area contributed by atoms with Gasteiger partial charge in [0.2, 0.25) is 0 Å². The third kappa shape index (κ3) is 3.45. The van der Waals surface area contributed by atoms with Crippen LogP contribution in [0.3, 0.4) is 0 Å². The van der Waals surface area contributed by atoms with E-state index in [2.05, 4.69) is 9.97 Å². The van der Waals surface area contributed by atoms with Crippen LogP contribution < -0.4 is 5.73 Å². The Morgan fingerprint density at radius 1 is 1.35 bits per heavy atom. The molecule has 1 unspecified atom stereocenters. The topological polar surface area (TPSA) is 94.9 Å². The first-order chi connectivity index (χ1) is 9.45. The molecular weight excluding hydrogens is 276 g/mol. The van der Waals surface area contributed by atoms with Crippen LogP contribution in [-0.2, 0) is 0 Å². The van der Waals surface area contributed by atoms with Crippen molar-refractivity contribution < 1.29 is 4.92 Å². The molecule has 1 atom stereocenters. The SMILES string of the molecule is Cc1cc(N)nc(SC(C)c2cccc([N+](=O)[O-])c2)n1. The summed E-state index contributed by atoms with van der Waals surface area (Å²) in [6, 6.07) is 8.26. The molecule has 6 nitrogen and oxygen atoms in total. The number of rotatable bonds is 4. The first kappa shape index (κ1) is 14.3. The van der Waals surface area contributed by atoms with E-state index in [0.29, 0.717) is 11.0 Å². The van der Waals surface area contributed by atoms with Crippen LogP contribution >= 0.6 is 11.8 Å².